The topological polar surface area (TPSA) is 9.23 Å². The van der Waals surface area contributed by atoms with Crippen molar-refractivity contribution in [2.75, 3.05) is 0 Å². The van der Waals surface area contributed by atoms with Gasteiger partial charge in [0, 0.05) is 0 Å². The molecule has 7 heteroatoms. The van der Waals surface area contributed by atoms with Crippen molar-refractivity contribution in [2.24, 2.45) is 0 Å². The standard InChI is InChI=1S/C13H31Cl3OSi3/c1-18(2,3)17-19(4,5)12-10-8-6-7-9-11-13-20(14,15)16/h6-13H2,1-5H3. The van der Waals surface area contributed by atoms with Crippen LogP contribution in [0.4, 0.5) is 0 Å². The molecule has 0 aromatic rings. The van der Waals surface area contributed by atoms with Crippen LogP contribution in [0, 0.1) is 0 Å². The van der Waals surface area contributed by atoms with Gasteiger partial charge in [-0.2, -0.15) is 0 Å². The second-order valence-corrected chi connectivity index (χ2v) is 25.5. The average molecular weight is 394 g/mol. The molecular formula is C13H31Cl3OSi3. The first-order valence-electron chi connectivity index (χ1n) is 7.68. The maximum atomic E-state index is 6.35. The normalized spacial score (nSPS) is 13.8. The van der Waals surface area contributed by atoms with Gasteiger partial charge in [0.05, 0.1) is 0 Å². The minimum absolute atomic E-state index is 0.807. The van der Waals surface area contributed by atoms with Gasteiger partial charge in [0.2, 0.25) is 0 Å². The van der Waals surface area contributed by atoms with Crippen LogP contribution in [0.15, 0.2) is 0 Å². The van der Waals surface area contributed by atoms with E-state index in [0.717, 1.165) is 12.5 Å². The first-order chi connectivity index (χ1) is 8.91. The summed E-state index contributed by atoms with van der Waals surface area (Å²) in [5, 5.41) is 0. The quantitative estimate of drug-likeness (QED) is 0.208. The van der Waals surface area contributed by atoms with E-state index in [4.69, 9.17) is 37.4 Å². The Morgan fingerprint density at radius 2 is 1.05 bits per heavy atom. The van der Waals surface area contributed by atoms with Crippen molar-refractivity contribution in [3.05, 3.63) is 0 Å². The highest BCUT2D eigenvalue weighted by Gasteiger charge is 2.28. The number of hydrogen-bond acceptors (Lipinski definition) is 1. The minimum atomic E-state index is -2.37. The maximum Gasteiger partial charge on any atom is 0.341 e. The van der Waals surface area contributed by atoms with E-state index in [0.29, 0.717) is 0 Å². The summed E-state index contributed by atoms with van der Waals surface area (Å²) in [6.45, 7) is 11.6. The molecule has 0 saturated carbocycles. The molecule has 0 radical (unpaired) electrons. The zero-order valence-corrected chi connectivity index (χ0v) is 19.0. The monoisotopic (exact) mass is 392 g/mol. The van der Waals surface area contributed by atoms with Gasteiger partial charge >= 0.3 is 6.00 Å². The Kier molecular flexibility index (Phi) is 10.3. The van der Waals surface area contributed by atoms with E-state index in [1.54, 1.807) is 0 Å². The third-order valence-corrected chi connectivity index (χ3v) is 11.9. The fraction of sp³-hybridized carbons (Fsp3) is 1.00. The van der Waals surface area contributed by atoms with E-state index < -0.39 is 22.6 Å². The molecule has 0 fully saturated rings. The average Bonchev–Trinajstić information content (AvgIpc) is 2.16. The molecule has 0 amide bonds. The van der Waals surface area contributed by atoms with Crippen molar-refractivity contribution >= 4 is 55.9 Å². The summed E-state index contributed by atoms with van der Waals surface area (Å²) >= 11 is 17.6. The van der Waals surface area contributed by atoms with Crippen LogP contribution in [0.3, 0.4) is 0 Å². The summed E-state index contributed by atoms with van der Waals surface area (Å²) < 4.78 is 6.35. The van der Waals surface area contributed by atoms with Gasteiger partial charge in [0.25, 0.3) is 0 Å². The van der Waals surface area contributed by atoms with Crippen molar-refractivity contribution in [1.29, 1.82) is 0 Å². The van der Waals surface area contributed by atoms with Crippen molar-refractivity contribution in [3.8, 4) is 0 Å². The van der Waals surface area contributed by atoms with E-state index in [-0.39, 0.29) is 0 Å². The highest BCUT2D eigenvalue weighted by molar-refractivity contribution is 7.64. The summed E-state index contributed by atoms with van der Waals surface area (Å²) in [7, 11) is -2.79. The number of unbranched alkanes of at least 4 members (excludes halogenated alkanes) is 5. The molecule has 0 N–H and O–H groups in total. The SMILES string of the molecule is C[Si](C)(C)O[Si](C)(C)CCCCCCCC[Si](Cl)(Cl)Cl. The van der Waals surface area contributed by atoms with Gasteiger partial charge in [0.1, 0.15) is 0 Å². The number of hydrogen-bond donors (Lipinski definition) is 0. The predicted molar refractivity (Wildman–Crippen MR) is 103 cm³/mol. The summed E-state index contributed by atoms with van der Waals surface area (Å²) in [5.74, 6) is 0. The molecule has 20 heavy (non-hydrogen) atoms. The Hall–Kier alpha value is 1.48. The molecule has 0 aliphatic heterocycles. The first kappa shape index (κ1) is 21.5. The Bertz CT molecular complexity index is 263. The summed E-state index contributed by atoms with van der Waals surface area (Å²) in [4.78, 5) is 0. The Labute approximate surface area is 143 Å². The Balaban J connectivity index is 3.53. The van der Waals surface area contributed by atoms with Gasteiger partial charge in [-0.1, -0.05) is 38.5 Å². The lowest BCUT2D eigenvalue weighted by Crippen LogP contribution is -2.42. The van der Waals surface area contributed by atoms with Gasteiger partial charge < -0.3 is 4.12 Å². The highest BCUT2D eigenvalue weighted by atomic mass is 35.8. The van der Waals surface area contributed by atoms with Gasteiger partial charge in [-0.25, -0.2) is 0 Å². The molecule has 0 spiro atoms. The third kappa shape index (κ3) is 15.9. The largest absolute Gasteiger partial charge is 0.456 e. The van der Waals surface area contributed by atoms with Gasteiger partial charge in [-0.3, -0.25) is 0 Å². The second-order valence-electron chi connectivity index (χ2n) is 7.21. The summed E-state index contributed by atoms with van der Waals surface area (Å²) in [6, 6.07) is -0.274. The molecule has 0 saturated heterocycles. The summed E-state index contributed by atoms with van der Waals surface area (Å²) in [6.07, 6.45) is 7.47. The lowest BCUT2D eigenvalue weighted by Gasteiger charge is -2.31. The molecule has 0 heterocycles. The van der Waals surface area contributed by atoms with Crippen molar-refractivity contribution < 1.29 is 4.12 Å². The fourth-order valence-electron chi connectivity index (χ4n) is 2.46. The highest BCUT2D eigenvalue weighted by Crippen LogP contribution is 2.28. The molecule has 0 aromatic heterocycles. The van der Waals surface area contributed by atoms with E-state index in [2.05, 4.69) is 32.7 Å². The molecule has 0 aromatic carbocycles. The van der Waals surface area contributed by atoms with Crippen LogP contribution in [0.1, 0.15) is 38.5 Å². The molecule has 1 nitrogen and oxygen atoms in total. The molecule has 122 valence electrons. The maximum absolute atomic E-state index is 6.35. The van der Waals surface area contributed by atoms with Crippen LogP contribution >= 0.6 is 33.2 Å². The fourth-order valence-corrected chi connectivity index (χ4v) is 12.5. The van der Waals surface area contributed by atoms with E-state index >= 15 is 0 Å². The smallest absolute Gasteiger partial charge is 0.341 e. The van der Waals surface area contributed by atoms with Gasteiger partial charge in [-0.05, 0) is 44.8 Å². The van der Waals surface area contributed by atoms with Crippen LogP contribution in [-0.2, 0) is 4.12 Å². The van der Waals surface area contributed by atoms with Crippen LogP contribution < -0.4 is 0 Å². The lowest BCUT2D eigenvalue weighted by atomic mass is 10.1. The van der Waals surface area contributed by atoms with Crippen LogP contribution in [0.2, 0.25) is 44.8 Å². The summed E-state index contributed by atoms with van der Waals surface area (Å²) in [5.41, 5.74) is 0. The van der Waals surface area contributed by atoms with E-state index in [1.165, 1.54) is 38.1 Å². The number of halogens is 3. The molecule has 0 bridgehead atoms. The molecular weight excluding hydrogens is 363 g/mol. The molecule has 0 aliphatic carbocycles. The zero-order valence-electron chi connectivity index (χ0n) is 13.7. The lowest BCUT2D eigenvalue weighted by molar-refractivity contribution is 0.536. The Morgan fingerprint density at radius 3 is 1.45 bits per heavy atom. The second kappa shape index (κ2) is 9.58. The molecule has 0 unspecified atom stereocenters. The first-order valence-corrected chi connectivity index (χ1v) is 19.4. The third-order valence-electron chi connectivity index (χ3n) is 3.07. The van der Waals surface area contributed by atoms with Crippen LogP contribution in [-0.4, -0.2) is 22.6 Å². The van der Waals surface area contributed by atoms with Gasteiger partial charge in [0.15, 0.2) is 16.6 Å². The van der Waals surface area contributed by atoms with Crippen molar-refractivity contribution in [1.82, 2.24) is 0 Å². The van der Waals surface area contributed by atoms with Gasteiger partial charge in [-0.15, -0.1) is 33.2 Å². The minimum Gasteiger partial charge on any atom is -0.456 e. The van der Waals surface area contributed by atoms with E-state index in [9.17, 15) is 0 Å². The molecule has 0 atom stereocenters. The number of rotatable bonds is 11. The predicted octanol–water partition coefficient (Wildman–Crippen LogP) is 7.04. The van der Waals surface area contributed by atoms with Crippen molar-refractivity contribution in [3.63, 3.8) is 0 Å². The molecule has 0 rings (SSSR count). The van der Waals surface area contributed by atoms with Crippen molar-refractivity contribution in [2.45, 2.75) is 83.3 Å². The van der Waals surface area contributed by atoms with Crippen LogP contribution in [0.25, 0.3) is 0 Å². The van der Waals surface area contributed by atoms with Crippen LogP contribution in [0.5, 0.6) is 0 Å². The Morgan fingerprint density at radius 1 is 0.650 bits per heavy atom. The van der Waals surface area contributed by atoms with E-state index in [1.807, 2.05) is 0 Å². The zero-order chi connectivity index (χ0) is 15.9. The molecule has 0 aliphatic rings.